The molecule has 1 unspecified atom stereocenters. The Morgan fingerprint density at radius 1 is 1.44 bits per heavy atom. The number of para-hydroxylation sites is 1. The van der Waals surface area contributed by atoms with Gasteiger partial charge in [0, 0.05) is 5.39 Å². The van der Waals surface area contributed by atoms with E-state index in [1.54, 1.807) is 25.1 Å². The van der Waals surface area contributed by atoms with Crippen LogP contribution in [0.1, 0.15) is 11.7 Å². The van der Waals surface area contributed by atoms with Gasteiger partial charge in [-0.25, -0.2) is 0 Å². The number of amides is 1. The van der Waals surface area contributed by atoms with Crippen molar-refractivity contribution in [1.82, 2.24) is 10.1 Å². The summed E-state index contributed by atoms with van der Waals surface area (Å²) in [6.07, 6.45) is 0. The van der Waals surface area contributed by atoms with E-state index in [1.165, 1.54) is 0 Å². The number of nitrogens with zero attached hydrogens (tertiary/aromatic N) is 2. The minimum absolute atomic E-state index is 0.441. The summed E-state index contributed by atoms with van der Waals surface area (Å²) in [6, 6.07) is 6.83. The number of carbonyl (C=O) groups is 1. The van der Waals surface area contributed by atoms with E-state index in [2.05, 4.69) is 5.16 Å². The van der Waals surface area contributed by atoms with Gasteiger partial charge in [-0.3, -0.25) is 9.69 Å². The van der Waals surface area contributed by atoms with Crippen LogP contribution in [0.25, 0.3) is 11.0 Å². The lowest BCUT2D eigenvalue weighted by Crippen LogP contribution is -2.33. The standard InChI is InChI=1S/C11H13N3O2/c1-14(2)10(11(12)15)9-7-5-3-4-6-8(7)16-13-9/h3-6,10H,1-2H3,(H2,12,15). The van der Waals surface area contributed by atoms with Gasteiger partial charge in [0.05, 0.1) is 0 Å². The number of rotatable bonds is 3. The first-order valence-corrected chi connectivity index (χ1v) is 4.91. The van der Waals surface area contributed by atoms with E-state index < -0.39 is 11.9 Å². The molecule has 1 amide bonds. The number of likely N-dealkylation sites (N-methyl/N-ethyl adjacent to an activating group) is 1. The lowest BCUT2D eigenvalue weighted by Gasteiger charge is -2.18. The van der Waals surface area contributed by atoms with E-state index in [-0.39, 0.29) is 0 Å². The van der Waals surface area contributed by atoms with E-state index in [0.29, 0.717) is 11.3 Å². The zero-order valence-electron chi connectivity index (χ0n) is 9.18. The minimum atomic E-state index is -0.566. The number of aromatic nitrogens is 1. The van der Waals surface area contributed by atoms with Gasteiger partial charge in [0.15, 0.2) is 5.58 Å². The first-order chi connectivity index (χ1) is 7.61. The van der Waals surface area contributed by atoms with Crippen LogP contribution in [-0.2, 0) is 4.79 Å². The molecule has 0 bridgehead atoms. The molecule has 5 nitrogen and oxygen atoms in total. The van der Waals surface area contributed by atoms with Crippen LogP contribution in [0.2, 0.25) is 0 Å². The first-order valence-electron chi connectivity index (χ1n) is 4.91. The van der Waals surface area contributed by atoms with Crippen molar-refractivity contribution in [3.63, 3.8) is 0 Å². The predicted octanol–water partition coefficient (Wildman–Crippen LogP) is 0.916. The molecule has 2 rings (SSSR count). The predicted molar refractivity (Wildman–Crippen MR) is 59.6 cm³/mol. The SMILES string of the molecule is CN(C)C(C(N)=O)c1noc2ccccc12. The summed E-state index contributed by atoms with van der Waals surface area (Å²) in [5, 5.41) is 4.74. The fourth-order valence-corrected chi connectivity index (χ4v) is 1.74. The molecule has 1 atom stereocenters. The van der Waals surface area contributed by atoms with E-state index in [9.17, 15) is 4.79 Å². The van der Waals surface area contributed by atoms with Gasteiger partial charge in [0.1, 0.15) is 11.7 Å². The van der Waals surface area contributed by atoms with Crippen LogP contribution < -0.4 is 5.73 Å². The van der Waals surface area contributed by atoms with Crippen molar-refractivity contribution in [2.75, 3.05) is 14.1 Å². The maximum atomic E-state index is 11.4. The number of hydrogen-bond acceptors (Lipinski definition) is 4. The number of primary amides is 1. The van der Waals surface area contributed by atoms with E-state index in [0.717, 1.165) is 5.39 Å². The molecule has 2 aromatic rings. The van der Waals surface area contributed by atoms with Gasteiger partial charge in [0.2, 0.25) is 5.91 Å². The van der Waals surface area contributed by atoms with E-state index >= 15 is 0 Å². The lowest BCUT2D eigenvalue weighted by atomic mass is 10.1. The van der Waals surface area contributed by atoms with Crippen molar-refractivity contribution in [3.05, 3.63) is 30.0 Å². The van der Waals surface area contributed by atoms with Crippen molar-refractivity contribution in [3.8, 4) is 0 Å². The van der Waals surface area contributed by atoms with Crippen LogP contribution in [-0.4, -0.2) is 30.1 Å². The van der Waals surface area contributed by atoms with Gasteiger partial charge in [-0.05, 0) is 26.2 Å². The molecule has 0 aliphatic heterocycles. The van der Waals surface area contributed by atoms with Crippen molar-refractivity contribution < 1.29 is 9.32 Å². The second-order valence-electron chi connectivity index (χ2n) is 3.83. The molecule has 0 radical (unpaired) electrons. The van der Waals surface area contributed by atoms with Crippen molar-refractivity contribution in [1.29, 1.82) is 0 Å². The van der Waals surface area contributed by atoms with Gasteiger partial charge >= 0.3 is 0 Å². The largest absolute Gasteiger partial charge is 0.368 e. The highest BCUT2D eigenvalue weighted by Gasteiger charge is 2.25. The number of nitrogens with two attached hydrogens (primary N) is 1. The Labute approximate surface area is 92.8 Å². The second-order valence-corrected chi connectivity index (χ2v) is 3.83. The molecule has 84 valence electrons. The zero-order chi connectivity index (χ0) is 11.7. The quantitative estimate of drug-likeness (QED) is 0.833. The van der Waals surface area contributed by atoms with Gasteiger partial charge in [-0.15, -0.1) is 0 Å². The van der Waals surface area contributed by atoms with Crippen LogP contribution in [0, 0.1) is 0 Å². The summed E-state index contributed by atoms with van der Waals surface area (Å²) < 4.78 is 5.15. The number of carbonyl (C=O) groups excluding carboxylic acids is 1. The number of benzene rings is 1. The van der Waals surface area contributed by atoms with Crippen molar-refractivity contribution in [2.24, 2.45) is 5.73 Å². The Balaban J connectivity index is 2.57. The van der Waals surface area contributed by atoms with Gasteiger partial charge in [-0.2, -0.15) is 0 Å². The molecule has 5 heteroatoms. The van der Waals surface area contributed by atoms with Crippen LogP contribution in [0.3, 0.4) is 0 Å². The third-order valence-electron chi connectivity index (χ3n) is 2.45. The number of fused-ring (bicyclic) bond motifs is 1. The molecule has 0 aliphatic carbocycles. The highest BCUT2D eigenvalue weighted by Crippen LogP contribution is 2.25. The van der Waals surface area contributed by atoms with Crippen LogP contribution in [0.15, 0.2) is 28.8 Å². The molecule has 16 heavy (non-hydrogen) atoms. The van der Waals surface area contributed by atoms with Crippen LogP contribution in [0.5, 0.6) is 0 Å². The summed E-state index contributed by atoms with van der Waals surface area (Å²) in [7, 11) is 3.55. The van der Waals surface area contributed by atoms with Crippen molar-refractivity contribution >= 4 is 16.9 Å². The summed E-state index contributed by atoms with van der Waals surface area (Å²) in [4.78, 5) is 13.1. The fourth-order valence-electron chi connectivity index (χ4n) is 1.74. The third kappa shape index (κ3) is 1.65. The Bertz CT molecular complexity index is 519. The number of hydrogen-bond donors (Lipinski definition) is 1. The summed E-state index contributed by atoms with van der Waals surface area (Å²) in [5.41, 5.74) is 6.58. The van der Waals surface area contributed by atoms with E-state index in [1.807, 2.05) is 18.2 Å². The monoisotopic (exact) mass is 219 g/mol. The lowest BCUT2D eigenvalue weighted by molar-refractivity contribution is -0.122. The Kier molecular flexibility index (Phi) is 2.62. The van der Waals surface area contributed by atoms with Crippen LogP contribution >= 0.6 is 0 Å². The second kappa shape index (κ2) is 3.94. The summed E-state index contributed by atoms with van der Waals surface area (Å²) in [5.74, 6) is -0.441. The normalized spacial score (nSPS) is 13.2. The van der Waals surface area contributed by atoms with Gasteiger partial charge < -0.3 is 10.3 Å². The van der Waals surface area contributed by atoms with Crippen LogP contribution in [0.4, 0.5) is 0 Å². The maximum Gasteiger partial charge on any atom is 0.241 e. The highest BCUT2D eigenvalue weighted by atomic mass is 16.5. The fraction of sp³-hybridized carbons (Fsp3) is 0.273. The Hall–Kier alpha value is -1.88. The molecule has 1 aromatic heterocycles. The Morgan fingerprint density at radius 2 is 2.12 bits per heavy atom. The molecule has 0 spiro atoms. The molecule has 2 N–H and O–H groups in total. The maximum absolute atomic E-state index is 11.4. The molecular weight excluding hydrogens is 206 g/mol. The zero-order valence-corrected chi connectivity index (χ0v) is 9.18. The Morgan fingerprint density at radius 3 is 2.75 bits per heavy atom. The highest BCUT2D eigenvalue weighted by molar-refractivity contribution is 5.88. The minimum Gasteiger partial charge on any atom is -0.368 e. The molecule has 0 saturated heterocycles. The smallest absolute Gasteiger partial charge is 0.241 e. The molecular formula is C11H13N3O2. The average Bonchev–Trinajstić information content (AvgIpc) is 2.61. The molecule has 0 fully saturated rings. The van der Waals surface area contributed by atoms with Gasteiger partial charge in [0.25, 0.3) is 0 Å². The molecule has 0 aliphatic rings. The summed E-state index contributed by atoms with van der Waals surface area (Å²) in [6.45, 7) is 0. The molecule has 1 heterocycles. The topological polar surface area (TPSA) is 72.4 Å². The average molecular weight is 219 g/mol. The van der Waals surface area contributed by atoms with Gasteiger partial charge in [-0.1, -0.05) is 17.3 Å². The first kappa shape index (κ1) is 10.6. The molecule has 1 aromatic carbocycles. The van der Waals surface area contributed by atoms with Crippen molar-refractivity contribution in [2.45, 2.75) is 6.04 Å². The summed E-state index contributed by atoms with van der Waals surface area (Å²) >= 11 is 0. The third-order valence-corrected chi connectivity index (χ3v) is 2.45. The van der Waals surface area contributed by atoms with E-state index in [4.69, 9.17) is 10.3 Å². The molecule has 0 saturated carbocycles.